The molecule has 0 radical (unpaired) electrons. The van der Waals surface area contributed by atoms with E-state index < -0.39 is 42.5 Å². The number of rotatable bonds is 5. The first-order chi connectivity index (χ1) is 13.8. The Morgan fingerprint density at radius 3 is 2.40 bits per heavy atom. The topological polar surface area (TPSA) is 91.1 Å². The van der Waals surface area contributed by atoms with Crippen LogP contribution in [0, 0.1) is 0 Å². The summed E-state index contributed by atoms with van der Waals surface area (Å²) in [4.78, 5) is 30.9. The predicted octanol–water partition coefficient (Wildman–Crippen LogP) is 3.07. The number of ether oxygens (including phenoxy) is 2. The third-order valence-corrected chi connectivity index (χ3v) is 3.83. The summed E-state index contributed by atoms with van der Waals surface area (Å²) in [5, 5.41) is 0. The SMILES string of the molecule is Cn1c(=O)n(CCC(F)(F)F)c(=O)c2[nH]c(Oc3cccc(OC(F)(F)F)c3)nc21. The van der Waals surface area contributed by atoms with E-state index in [2.05, 4.69) is 14.7 Å². The molecule has 162 valence electrons. The Balaban J connectivity index is 1.95. The summed E-state index contributed by atoms with van der Waals surface area (Å²) in [6.45, 7) is -0.892. The first kappa shape index (κ1) is 21.3. The second-order valence-electron chi connectivity index (χ2n) is 6.03. The number of imidazole rings is 1. The molecule has 0 amide bonds. The molecule has 0 saturated heterocycles. The van der Waals surface area contributed by atoms with E-state index in [1.807, 2.05) is 0 Å². The van der Waals surface area contributed by atoms with Gasteiger partial charge in [-0.1, -0.05) is 6.07 Å². The average molecular weight is 438 g/mol. The Labute approximate surface area is 162 Å². The number of aromatic nitrogens is 4. The summed E-state index contributed by atoms with van der Waals surface area (Å²) in [6.07, 6.45) is -10.9. The van der Waals surface area contributed by atoms with Gasteiger partial charge in [0.2, 0.25) is 0 Å². The van der Waals surface area contributed by atoms with Crippen molar-refractivity contribution in [1.29, 1.82) is 0 Å². The number of H-pyrrole nitrogens is 1. The van der Waals surface area contributed by atoms with Crippen LogP contribution >= 0.6 is 0 Å². The molecule has 14 heteroatoms. The fraction of sp³-hybridized carbons (Fsp3) is 0.312. The Morgan fingerprint density at radius 1 is 1.10 bits per heavy atom. The van der Waals surface area contributed by atoms with Crippen molar-refractivity contribution >= 4 is 11.2 Å². The molecule has 8 nitrogen and oxygen atoms in total. The standard InChI is InChI=1S/C16H12F6N4O4/c1-25-11-10(12(27)26(14(25)28)6-5-15(17,18)19)23-13(24-11)29-8-3-2-4-9(7-8)30-16(20,21)22/h2-4,7H,5-6H2,1H3,(H,23,24). The van der Waals surface area contributed by atoms with Gasteiger partial charge in [0.25, 0.3) is 5.56 Å². The van der Waals surface area contributed by atoms with Gasteiger partial charge in [0.05, 0.1) is 6.42 Å². The van der Waals surface area contributed by atoms with E-state index in [1.165, 1.54) is 19.2 Å². The van der Waals surface area contributed by atoms with Gasteiger partial charge in [-0.05, 0) is 12.1 Å². The van der Waals surface area contributed by atoms with Crippen molar-refractivity contribution in [2.75, 3.05) is 0 Å². The van der Waals surface area contributed by atoms with Gasteiger partial charge >= 0.3 is 24.2 Å². The fourth-order valence-electron chi connectivity index (χ4n) is 2.56. The van der Waals surface area contributed by atoms with Crippen LogP contribution in [0.2, 0.25) is 0 Å². The number of benzene rings is 1. The monoisotopic (exact) mass is 438 g/mol. The van der Waals surface area contributed by atoms with E-state index in [0.717, 1.165) is 16.7 Å². The molecule has 0 aliphatic carbocycles. The molecular formula is C16H12F6N4O4. The van der Waals surface area contributed by atoms with E-state index in [9.17, 15) is 35.9 Å². The summed E-state index contributed by atoms with van der Waals surface area (Å²) >= 11 is 0. The van der Waals surface area contributed by atoms with Crippen LogP contribution in [0.1, 0.15) is 6.42 Å². The van der Waals surface area contributed by atoms with E-state index in [0.29, 0.717) is 4.57 Å². The van der Waals surface area contributed by atoms with Crippen LogP contribution in [-0.4, -0.2) is 31.6 Å². The predicted molar refractivity (Wildman–Crippen MR) is 89.5 cm³/mol. The highest BCUT2D eigenvalue weighted by Crippen LogP contribution is 2.28. The molecule has 0 bridgehead atoms. The van der Waals surface area contributed by atoms with E-state index in [1.54, 1.807) is 0 Å². The van der Waals surface area contributed by atoms with Crippen LogP contribution < -0.4 is 20.7 Å². The number of hydrogen-bond acceptors (Lipinski definition) is 5. The summed E-state index contributed by atoms with van der Waals surface area (Å²) in [6, 6.07) is 4.05. The van der Waals surface area contributed by atoms with Gasteiger partial charge in [0.1, 0.15) is 11.5 Å². The molecule has 1 aromatic carbocycles. The smallest absolute Gasteiger partial charge is 0.425 e. The number of halogens is 6. The van der Waals surface area contributed by atoms with Crippen LogP contribution in [0.3, 0.4) is 0 Å². The summed E-state index contributed by atoms with van der Waals surface area (Å²) < 4.78 is 84.6. The lowest BCUT2D eigenvalue weighted by Crippen LogP contribution is -2.40. The van der Waals surface area contributed by atoms with Crippen LogP contribution in [0.4, 0.5) is 26.3 Å². The minimum Gasteiger partial charge on any atom is -0.425 e. The minimum absolute atomic E-state index is 0.141. The highest BCUT2D eigenvalue weighted by atomic mass is 19.4. The summed E-state index contributed by atoms with van der Waals surface area (Å²) in [5.41, 5.74) is -2.58. The van der Waals surface area contributed by atoms with Crippen LogP contribution in [0.15, 0.2) is 33.9 Å². The summed E-state index contributed by atoms with van der Waals surface area (Å²) in [5.74, 6) is -0.712. The average Bonchev–Trinajstić information content (AvgIpc) is 3.02. The lowest BCUT2D eigenvalue weighted by atomic mass is 10.3. The molecule has 0 spiro atoms. The molecule has 0 aliphatic rings. The van der Waals surface area contributed by atoms with Gasteiger partial charge in [-0.2, -0.15) is 18.2 Å². The molecule has 0 unspecified atom stereocenters. The Hall–Kier alpha value is -3.45. The third-order valence-electron chi connectivity index (χ3n) is 3.83. The first-order valence-corrected chi connectivity index (χ1v) is 8.14. The second-order valence-corrected chi connectivity index (χ2v) is 6.03. The van der Waals surface area contributed by atoms with Gasteiger partial charge in [-0.25, -0.2) is 4.79 Å². The van der Waals surface area contributed by atoms with Crippen LogP contribution in [0.5, 0.6) is 17.5 Å². The van der Waals surface area contributed by atoms with E-state index >= 15 is 0 Å². The molecule has 0 aliphatic heterocycles. The number of fused-ring (bicyclic) bond motifs is 1. The zero-order chi connectivity index (χ0) is 22.3. The molecule has 30 heavy (non-hydrogen) atoms. The number of aromatic amines is 1. The molecule has 0 fully saturated rings. The Morgan fingerprint density at radius 2 is 1.77 bits per heavy atom. The maximum Gasteiger partial charge on any atom is 0.573 e. The van der Waals surface area contributed by atoms with Crippen molar-refractivity contribution in [2.45, 2.75) is 25.5 Å². The Bertz CT molecular complexity index is 1190. The van der Waals surface area contributed by atoms with Crippen molar-refractivity contribution < 1.29 is 35.8 Å². The molecule has 0 atom stereocenters. The van der Waals surface area contributed by atoms with Crippen molar-refractivity contribution in [3.05, 3.63) is 45.1 Å². The number of nitrogens with zero attached hydrogens (tertiary/aromatic N) is 3. The minimum atomic E-state index is -4.92. The number of aryl methyl sites for hydroxylation is 1. The van der Waals surface area contributed by atoms with Crippen LogP contribution in [0.25, 0.3) is 11.2 Å². The molecule has 2 heterocycles. The molecule has 1 N–H and O–H groups in total. The first-order valence-electron chi connectivity index (χ1n) is 8.14. The maximum atomic E-state index is 12.5. The molecular weight excluding hydrogens is 426 g/mol. The fourth-order valence-corrected chi connectivity index (χ4v) is 2.56. The highest BCUT2D eigenvalue weighted by Gasteiger charge is 2.31. The molecule has 0 saturated carbocycles. The zero-order valence-corrected chi connectivity index (χ0v) is 15.0. The van der Waals surface area contributed by atoms with Crippen molar-refractivity contribution in [2.24, 2.45) is 7.05 Å². The Kier molecular flexibility index (Phi) is 5.26. The largest absolute Gasteiger partial charge is 0.573 e. The quantitative estimate of drug-likeness (QED) is 0.619. The summed E-state index contributed by atoms with van der Waals surface area (Å²) in [7, 11) is 1.19. The van der Waals surface area contributed by atoms with Gasteiger partial charge < -0.3 is 14.5 Å². The van der Waals surface area contributed by atoms with Crippen molar-refractivity contribution in [3.63, 3.8) is 0 Å². The normalized spacial score (nSPS) is 12.4. The second kappa shape index (κ2) is 7.42. The number of nitrogens with one attached hydrogen (secondary N) is 1. The molecule has 3 aromatic rings. The van der Waals surface area contributed by atoms with E-state index in [-0.39, 0.29) is 22.9 Å². The zero-order valence-electron chi connectivity index (χ0n) is 15.0. The van der Waals surface area contributed by atoms with Crippen LogP contribution in [-0.2, 0) is 13.6 Å². The van der Waals surface area contributed by atoms with Crippen molar-refractivity contribution in [1.82, 2.24) is 19.1 Å². The molecule has 2 aromatic heterocycles. The molecule has 3 rings (SSSR count). The van der Waals surface area contributed by atoms with Gasteiger partial charge in [0.15, 0.2) is 11.2 Å². The van der Waals surface area contributed by atoms with Gasteiger partial charge in [-0.15, -0.1) is 13.2 Å². The maximum absolute atomic E-state index is 12.5. The lowest BCUT2D eigenvalue weighted by Gasteiger charge is -2.09. The van der Waals surface area contributed by atoms with Crippen molar-refractivity contribution in [3.8, 4) is 17.5 Å². The third kappa shape index (κ3) is 4.75. The van der Waals surface area contributed by atoms with Gasteiger partial charge in [-0.3, -0.25) is 13.9 Å². The number of hydrogen-bond donors (Lipinski definition) is 1. The van der Waals surface area contributed by atoms with E-state index in [4.69, 9.17) is 4.74 Å². The lowest BCUT2D eigenvalue weighted by molar-refractivity contribution is -0.274. The van der Waals surface area contributed by atoms with Gasteiger partial charge in [0, 0.05) is 19.7 Å². The number of alkyl halides is 6. The highest BCUT2D eigenvalue weighted by molar-refractivity contribution is 5.70.